The molecule has 1 heterocycles. The summed E-state index contributed by atoms with van der Waals surface area (Å²) in [5.74, 6) is -1.11. The fourth-order valence-corrected chi connectivity index (χ4v) is 2.19. The lowest BCUT2D eigenvalue weighted by Gasteiger charge is -2.30. The van der Waals surface area contributed by atoms with Gasteiger partial charge in [0.15, 0.2) is 0 Å². The quantitative estimate of drug-likeness (QED) is 0.876. The normalized spacial score (nSPS) is 16.2. The van der Waals surface area contributed by atoms with Gasteiger partial charge in [-0.15, -0.1) is 0 Å². The highest BCUT2D eigenvalue weighted by Crippen LogP contribution is 2.19. The van der Waals surface area contributed by atoms with Crippen LogP contribution in [0.2, 0.25) is 5.02 Å². The first-order valence-electron chi connectivity index (χ1n) is 6.10. The van der Waals surface area contributed by atoms with Gasteiger partial charge in [0, 0.05) is 23.8 Å². The van der Waals surface area contributed by atoms with E-state index in [2.05, 4.69) is 5.32 Å². The third-order valence-electron chi connectivity index (χ3n) is 3.23. The van der Waals surface area contributed by atoms with Crippen molar-refractivity contribution in [2.24, 2.45) is 5.92 Å². The number of rotatable bonds is 2. The molecule has 1 aromatic carbocycles. The van der Waals surface area contributed by atoms with E-state index < -0.39 is 5.97 Å². The Bertz CT molecular complexity index is 467. The number of piperidine rings is 1. The largest absolute Gasteiger partial charge is 0.481 e. The molecular weight excluding hydrogens is 268 g/mol. The molecule has 0 aromatic heterocycles. The molecule has 0 radical (unpaired) electrons. The number of anilines is 1. The van der Waals surface area contributed by atoms with Crippen LogP contribution in [-0.2, 0) is 4.79 Å². The van der Waals surface area contributed by atoms with E-state index in [-0.39, 0.29) is 11.9 Å². The number of aliphatic carboxylic acids is 1. The average Bonchev–Trinajstić information content (AvgIpc) is 2.41. The van der Waals surface area contributed by atoms with Crippen LogP contribution < -0.4 is 5.32 Å². The van der Waals surface area contributed by atoms with Crippen LogP contribution in [-0.4, -0.2) is 35.1 Å². The Morgan fingerprint density at radius 2 is 1.79 bits per heavy atom. The Hall–Kier alpha value is -1.75. The summed E-state index contributed by atoms with van der Waals surface area (Å²) < 4.78 is 0. The SMILES string of the molecule is O=C(O)C1CCN(C(=O)Nc2ccc(Cl)cc2)CC1. The van der Waals surface area contributed by atoms with Crippen LogP contribution in [0, 0.1) is 5.92 Å². The summed E-state index contributed by atoms with van der Waals surface area (Å²) in [5, 5.41) is 12.3. The van der Waals surface area contributed by atoms with E-state index >= 15 is 0 Å². The number of urea groups is 1. The minimum atomic E-state index is -0.780. The van der Waals surface area contributed by atoms with Crippen LogP contribution >= 0.6 is 11.6 Å². The number of nitrogens with one attached hydrogen (secondary N) is 1. The summed E-state index contributed by atoms with van der Waals surface area (Å²) in [6.07, 6.45) is 1.01. The Morgan fingerprint density at radius 1 is 1.21 bits per heavy atom. The Balaban J connectivity index is 1.88. The van der Waals surface area contributed by atoms with Crippen molar-refractivity contribution in [3.8, 4) is 0 Å². The smallest absolute Gasteiger partial charge is 0.321 e. The second-order valence-corrected chi connectivity index (χ2v) is 4.97. The van der Waals surface area contributed by atoms with Crippen molar-refractivity contribution in [3.63, 3.8) is 0 Å². The van der Waals surface area contributed by atoms with E-state index in [4.69, 9.17) is 16.7 Å². The zero-order valence-electron chi connectivity index (χ0n) is 10.3. The van der Waals surface area contributed by atoms with Gasteiger partial charge >= 0.3 is 12.0 Å². The van der Waals surface area contributed by atoms with Crippen LogP contribution in [0.4, 0.5) is 10.5 Å². The number of carboxylic acid groups (broad SMARTS) is 1. The highest BCUT2D eigenvalue weighted by Gasteiger charge is 2.26. The molecule has 1 aromatic rings. The molecule has 2 N–H and O–H groups in total. The third kappa shape index (κ3) is 3.61. The molecule has 2 rings (SSSR count). The van der Waals surface area contributed by atoms with E-state index in [1.807, 2.05) is 0 Å². The molecule has 1 fully saturated rings. The molecule has 19 heavy (non-hydrogen) atoms. The van der Waals surface area contributed by atoms with Crippen molar-refractivity contribution in [1.82, 2.24) is 4.90 Å². The molecule has 6 heteroatoms. The lowest BCUT2D eigenvalue weighted by molar-refractivity contribution is -0.143. The van der Waals surface area contributed by atoms with Crippen LogP contribution in [0.1, 0.15) is 12.8 Å². The molecule has 0 atom stereocenters. The molecule has 2 amide bonds. The van der Waals surface area contributed by atoms with Crippen molar-refractivity contribution in [1.29, 1.82) is 0 Å². The van der Waals surface area contributed by atoms with Gasteiger partial charge in [0.25, 0.3) is 0 Å². The maximum atomic E-state index is 12.0. The fraction of sp³-hybridized carbons (Fsp3) is 0.385. The lowest BCUT2D eigenvalue weighted by Crippen LogP contribution is -2.42. The zero-order valence-corrected chi connectivity index (χ0v) is 11.1. The number of amides is 2. The van der Waals surface area contributed by atoms with Crippen molar-refractivity contribution >= 4 is 29.3 Å². The van der Waals surface area contributed by atoms with Gasteiger partial charge in [0.1, 0.15) is 0 Å². The fourth-order valence-electron chi connectivity index (χ4n) is 2.07. The van der Waals surface area contributed by atoms with Gasteiger partial charge in [-0.3, -0.25) is 4.79 Å². The van der Waals surface area contributed by atoms with Crippen LogP contribution in [0.25, 0.3) is 0 Å². The number of carbonyl (C=O) groups excluding carboxylic acids is 1. The molecule has 1 aliphatic rings. The van der Waals surface area contributed by atoms with Crippen molar-refractivity contribution in [3.05, 3.63) is 29.3 Å². The molecule has 0 saturated carbocycles. The predicted molar refractivity (Wildman–Crippen MR) is 72.4 cm³/mol. The molecule has 5 nitrogen and oxygen atoms in total. The molecule has 0 bridgehead atoms. The number of halogens is 1. The molecule has 1 saturated heterocycles. The van der Waals surface area contributed by atoms with E-state index in [0.717, 1.165) is 0 Å². The summed E-state index contributed by atoms with van der Waals surface area (Å²) in [6.45, 7) is 0.937. The van der Waals surface area contributed by atoms with Gasteiger partial charge in [0.2, 0.25) is 0 Å². The Kier molecular flexibility index (Phi) is 4.27. The number of benzene rings is 1. The number of likely N-dealkylation sites (tertiary alicyclic amines) is 1. The second kappa shape index (κ2) is 5.93. The van der Waals surface area contributed by atoms with Gasteiger partial charge in [-0.05, 0) is 37.1 Å². The molecule has 1 aliphatic heterocycles. The first kappa shape index (κ1) is 13.7. The van der Waals surface area contributed by atoms with Crippen molar-refractivity contribution < 1.29 is 14.7 Å². The molecular formula is C13H15ClN2O3. The van der Waals surface area contributed by atoms with E-state index in [1.54, 1.807) is 29.2 Å². The van der Waals surface area contributed by atoms with Crippen molar-refractivity contribution in [2.45, 2.75) is 12.8 Å². The van der Waals surface area contributed by atoms with Gasteiger partial charge < -0.3 is 15.3 Å². The Labute approximate surface area is 116 Å². The summed E-state index contributed by atoms with van der Waals surface area (Å²) in [4.78, 5) is 24.4. The third-order valence-corrected chi connectivity index (χ3v) is 3.48. The van der Waals surface area contributed by atoms with E-state index in [9.17, 15) is 9.59 Å². The first-order chi connectivity index (χ1) is 9.06. The second-order valence-electron chi connectivity index (χ2n) is 4.54. The van der Waals surface area contributed by atoms with E-state index in [1.165, 1.54) is 0 Å². The van der Waals surface area contributed by atoms with Crippen molar-refractivity contribution in [2.75, 3.05) is 18.4 Å². The van der Waals surface area contributed by atoms with Gasteiger partial charge in [-0.2, -0.15) is 0 Å². The summed E-state index contributed by atoms with van der Waals surface area (Å²) in [6, 6.07) is 6.65. The highest BCUT2D eigenvalue weighted by molar-refractivity contribution is 6.30. The molecule has 0 aliphatic carbocycles. The van der Waals surface area contributed by atoms with Gasteiger partial charge in [0.05, 0.1) is 5.92 Å². The van der Waals surface area contributed by atoms with Gasteiger partial charge in [-0.1, -0.05) is 11.6 Å². The number of hydrogen-bond acceptors (Lipinski definition) is 2. The lowest BCUT2D eigenvalue weighted by atomic mass is 9.97. The van der Waals surface area contributed by atoms with Gasteiger partial charge in [-0.25, -0.2) is 4.79 Å². The zero-order chi connectivity index (χ0) is 13.8. The summed E-state index contributed by atoms with van der Waals surface area (Å²) in [7, 11) is 0. The average molecular weight is 283 g/mol. The molecule has 102 valence electrons. The Morgan fingerprint density at radius 3 is 2.32 bits per heavy atom. The summed E-state index contributed by atoms with van der Waals surface area (Å²) in [5.41, 5.74) is 0.676. The number of carbonyl (C=O) groups is 2. The maximum absolute atomic E-state index is 12.0. The first-order valence-corrected chi connectivity index (χ1v) is 6.48. The standard InChI is InChI=1S/C13H15ClN2O3/c14-10-1-3-11(4-2-10)15-13(19)16-7-5-9(6-8-16)12(17)18/h1-4,9H,5-8H2,(H,15,19)(H,17,18). The minimum Gasteiger partial charge on any atom is -0.481 e. The number of nitrogens with zero attached hydrogens (tertiary/aromatic N) is 1. The van der Waals surface area contributed by atoms with E-state index in [0.29, 0.717) is 36.6 Å². The van der Waals surface area contributed by atoms with Crippen LogP contribution in [0.5, 0.6) is 0 Å². The summed E-state index contributed by atoms with van der Waals surface area (Å²) >= 11 is 5.76. The number of carboxylic acids is 1. The van der Waals surface area contributed by atoms with Crippen LogP contribution in [0.3, 0.4) is 0 Å². The maximum Gasteiger partial charge on any atom is 0.321 e. The van der Waals surface area contributed by atoms with Crippen LogP contribution in [0.15, 0.2) is 24.3 Å². The number of hydrogen-bond donors (Lipinski definition) is 2. The predicted octanol–water partition coefficient (Wildman–Crippen LogP) is 2.67. The molecule has 0 spiro atoms. The topological polar surface area (TPSA) is 69.6 Å². The molecule has 0 unspecified atom stereocenters. The highest BCUT2D eigenvalue weighted by atomic mass is 35.5. The monoisotopic (exact) mass is 282 g/mol. The minimum absolute atomic E-state index is 0.203.